The zero-order valence-electron chi connectivity index (χ0n) is 13.8. The number of nitrogens with zero attached hydrogens (tertiary/aromatic N) is 2. The quantitative estimate of drug-likeness (QED) is 0.829. The Morgan fingerprint density at radius 1 is 1.40 bits per heavy atom. The Morgan fingerprint density at radius 2 is 2.16 bits per heavy atom. The van der Waals surface area contributed by atoms with E-state index in [2.05, 4.69) is 12.2 Å². The summed E-state index contributed by atoms with van der Waals surface area (Å²) in [6.07, 6.45) is 3.30. The number of fused-ring (bicyclic) bond motifs is 2. The van der Waals surface area contributed by atoms with E-state index in [4.69, 9.17) is 0 Å². The normalized spacial score (nSPS) is 27.6. The molecule has 7 heteroatoms. The highest BCUT2D eigenvalue weighted by molar-refractivity contribution is 5.93. The molecule has 0 radical (unpaired) electrons. The van der Waals surface area contributed by atoms with E-state index in [-0.39, 0.29) is 22.5 Å². The first-order valence-electron chi connectivity index (χ1n) is 8.52. The van der Waals surface area contributed by atoms with E-state index in [0.29, 0.717) is 17.2 Å². The van der Waals surface area contributed by atoms with E-state index in [1.165, 1.54) is 12.3 Å². The number of carboxylic acid groups (broad SMARTS) is 1. The van der Waals surface area contributed by atoms with Crippen LogP contribution in [-0.4, -0.2) is 40.3 Å². The second-order valence-corrected chi connectivity index (χ2v) is 7.63. The number of carboxylic acids is 1. The van der Waals surface area contributed by atoms with Crippen molar-refractivity contribution in [1.29, 1.82) is 0 Å². The van der Waals surface area contributed by atoms with Crippen LogP contribution in [0.2, 0.25) is 0 Å². The third-order valence-corrected chi connectivity index (χ3v) is 5.72. The smallest absolute Gasteiger partial charge is 0.341 e. The molecule has 2 saturated heterocycles. The fraction of sp³-hybridized carbons (Fsp3) is 0.444. The number of hydrogen-bond donors (Lipinski definition) is 2. The number of carbonyl (C=O) groups is 1. The second kappa shape index (κ2) is 4.60. The molecule has 1 aromatic heterocycles. The number of halogens is 1. The number of piperazine rings is 1. The zero-order valence-corrected chi connectivity index (χ0v) is 13.8. The van der Waals surface area contributed by atoms with Gasteiger partial charge in [-0.25, -0.2) is 9.18 Å². The molecule has 2 atom stereocenters. The third-order valence-electron chi connectivity index (χ3n) is 5.72. The van der Waals surface area contributed by atoms with Crippen LogP contribution in [0.15, 0.2) is 23.1 Å². The van der Waals surface area contributed by atoms with Crippen molar-refractivity contribution in [1.82, 2.24) is 9.88 Å². The van der Waals surface area contributed by atoms with Gasteiger partial charge in [-0.2, -0.15) is 0 Å². The predicted molar refractivity (Wildman–Crippen MR) is 90.9 cm³/mol. The molecule has 1 aromatic carbocycles. The number of nitrogens with one attached hydrogen (secondary N) is 1. The molecule has 3 heterocycles. The second-order valence-electron chi connectivity index (χ2n) is 7.63. The van der Waals surface area contributed by atoms with Gasteiger partial charge >= 0.3 is 5.97 Å². The molecule has 0 bridgehead atoms. The molecule has 5 rings (SSSR count). The summed E-state index contributed by atoms with van der Waals surface area (Å²) in [6, 6.07) is 3.48. The largest absolute Gasteiger partial charge is 0.477 e. The SMILES string of the molecule is CC12CN(c3cc4c(cc3F)c(=O)c(C(=O)O)cn4C3CC3)CC1N2. The summed E-state index contributed by atoms with van der Waals surface area (Å²) < 4.78 is 16.6. The van der Waals surface area contributed by atoms with Gasteiger partial charge in [-0.05, 0) is 31.9 Å². The average Bonchev–Trinajstić information content (AvgIpc) is 3.46. The van der Waals surface area contributed by atoms with Crippen LogP contribution in [-0.2, 0) is 0 Å². The fourth-order valence-corrected chi connectivity index (χ4v) is 4.03. The fourth-order valence-electron chi connectivity index (χ4n) is 4.03. The van der Waals surface area contributed by atoms with Crippen LogP contribution < -0.4 is 15.6 Å². The summed E-state index contributed by atoms with van der Waals surface area (Å²) in [5.41, 5.74) is 0.227. The maximum atomic E-state index is 14.7. The van der Waals surface area contributed by atoms with Crippen molar-refractivity contribution >= 4 is 22.6 Å². The van der Waals surface area contributed by atoms with Crippen LogP contribution in [0.25, 0.3) is 10.9 Å². The van der Waals surface area contributed by atoms with Crippen molar-refractivity contribution in [2.75, 3.05) is 18.0 Å². The van der Waals surface area contributed by atoms with Crippen LogP contribution in [0.4, 0.5) is 10.1 Å². The monoisotopic (exact) mass is 343 g/mol. The summed E-state index contributed by atoms with van der Waals surface area (Å²) >= 11 is 0. The van der Waals surface area contributed by atoms with E-state index in [1.807, 2.05) is 9.47 Å². The molecule has 130 valence electrons. The highest BCUT2D eigenvalue weighted by atomic mass is 19.1. The maximum absolute atomic E-state index is 14.7. The van der Waals surface area contributed by atoms with E-state index < -0.39 is 17.2 Å². The lowest BCUT2D eigenvalue weighted by molar-refractivity contribution is 0.0695. The van der Waals surface area contributed by atoms with Gasteiger partial charge in [0, 0.05) is 36.8 Å². The molecular weight excluding hydrogens is 325 g/mol. The van der Waals surface area contributed by atoms with Crippen LogP contribution >= 0.6 is 0 Å². The number of anilines is 1. The minimum Gasteiger partial charge on any atom is -0.477 e. The topological polar surface area (TPSA) is 84.5 Å². The van der Waals surface area contributed by atoms with E-state index >= 15 is 0 Å². The molecule has 0 amide bonds. The van der Waals surface area contributed by atoms with Crippen LogP contribution in [0.1, 0.15) is 36.2 Å². The first-order valence-corrected chi connectivity index (χ1v) is 8.52. The number of aromatic nitrogens is 1. The summed E-state index contributed by atoms with van der Waals surface area (Å²) in [6.45, 7) is 3.58. The van der Waals surface area contributed by atoms with Gasteiger partial charge in [0.15, 0.2) is 0 Å². The van der Waals surface area contributed by atoms with Gasteiger partial charge < -0.3 is 19.9 Å². The molecule has 25 heavy (non-hydrogen) atoms. The van der Waals surface area contributed by atoms with Crippen molar-refractivity contribution < 1.29 is 14.3 Å². The van der Waals surface area contributed by atoms with E-state index in [1.54, 1.807) is 6.07 Å². The molecule has 1 saturated carbocycles. The van der Waals surface area contributed by atoms with Crippen molar-refractivity contribution in [3.05, 3.63) is 39.9 Å². The Labute approximate surface area is 142 Å². The standard InChI is InChI=1S/C18H18FN3O3/c1-18-8-21(7-15(18)20-18)14-5-13-10(4-12(14)19)16(23)11(17(24)25)6-22(13)9-2-3-9/h4-6,9,15,20H,2-3,7-8H2,1H3,(H,24,25). The van der Waals surface area contributed by atoms with Crippen molar-refractivity contribution in [2.45, 2.75) is 37.4 Å². The number of benzene rings is 1. The molecule has 6 nitrogen and oxygen atoms in total. The first-order chi connectivity index (χ1) is 11.9. The lowest BCUT2D eigenvalue weighted by atomic mass is 10.1. The Kier molecular flexibility index (Phi) is 2.74. The summed E-state index contributed by atoms with van der Waals surface area (Å²) in [4.78, 5) is 25.9. The first kappa shape index (κ1) is 14.9. The van der Waals surface area contributed by atoms with E-state index in [0.717, 1.165) is 25.9 Å². The Hall–Kier alpha value is -2.41. The number of hydrogen-bond acceptors (Lipinski definition) is 4. The third kappa shape index (κ3) is 2.12. The average molecular weight is 343 g/mol. The van der Waals surface area contributed by atoms with Gasteiger partial charge in [0.25, 0.3) is 0 Å². The summed E-state index contributed by atoms with van der Waals surface area (Å²) in [5, 5.41) is 12.8. The number of aromatic carboxylic acids is 1. The van der Waals surface area contributed by atoms with Crippen LogP contribution in [0, 0.1) is 5.82 Å². The summed E-state index contributed by atoms with van der Waals surface area (Å²) in [5.74, 6) is -1.75. The van der Waals surface area contributed by atoms with Gasteiger partial charge in [0.1, 0.15) is 11.4 Å². The van der Waals surface area contributed by atoms with Crippen molar-refractivity contribution in [3.63, 3.8) is 0 Å². The minimum atomic E-state index is -1.27. The molecule has 3 aliphatic rings. The van der Waals surface area contributed by atoms with Crippen LogP contribution in [0.3, 0.4) is 0 Å². The van der Waals surface area contributed by atoms with Gasteiger partial charge in [-0.15, -0.1) is 0 Å². The lowest BCUT2D eigenvalue weighted by Gasteiger charge is -2.23. The summed E-state index contributed by atoms with van der Waals surface area (Å²) in [7, 11) is 0. The van der Waals surface area contributed by atoms with Crippen LogP contribution in [0.5, 0.6) is 0 Å². The Balaban J connectivity index is 1.71. The zero-order chi connectivity index (χ0) is 17.5. The molecule has 2 aromatic rings. The lowest BCUT2D eigenvalue weighted by Crippen LogP contribution is -2.31. The molecule has 2 unspecified atom stereocenters. The predicted octanol–water partition coefficient (Wildman–Crippen LogP) is 1.72. The Morgan fingerprint density at radius 3 is 2.76 bits per heavy atom. The number of pyridine rings is 1. The van der Waals surface area contributed by atoms with Gasteiger partial charge in [0.05, 0.1) is 16.7 Å². The molecule has 1 aliphatic carbocycles. The molecule has 2 N–H and O–H groups in total. The number of rotatable bonds is 3. The maximum Gasteiger partial charge on any atom is 0.341 e. The molecular formula is C18H18FN3O3. The molecule has 3 fully saturated rings. The Bertz CT molecular complexity index is 997. The van der Waals surface area contributed by atoms with E-state index in [9.17, 15) is 19.1 Å². The van der Waals surface area contributed by atoms with Gasteiger partial charge in [-0.3, -0.25) is 4.79 Å². The highest BCUT2D eigenvalue weighted by Gasteiger charge is 2.56. The van der Waals surface area contributed by atoms with Gasteiger partial charge in [-0.1, -0.05) is 0 Å². The van der Waals surface area contributed by atoms with Crippen molar-refractivity contribution in [3.8, 4) is 0 Å². The highest BCUT2D eigenvalue weighted by Crippen LogP contribution is 2.40. The van der Waals surface area contributed by atoms with Crippen molar-refractivity contribution in [2.24, 2.45) is 0 Å². The molecule has 0 spiro atoms. The van der Waals surface area contributed by atoms with Gasteiger partial charge in [0.2, 0.25) is 5.43 Å². The molecule has 2 aliphatic heterocycles. The minimum absolute atomic E-state index is 0.0464.